The minimum Gasteiger partial charge on any atom is -0.506 e. The molecule has 4 amide bonds. The number of carbonyl (C=O) groups excluding carboxylic acids is 3. The summed E-state index contributed by atoms with van der Waals surface area (Å²) < 4.78 is 38.8. The SMILES string of the molecule is CCNC(=O)Nc1cc(CN2CC[C@H](NC(=O)CNC(=O)c3cc(C(F)(F)F)ccc3N)C2)ccc1O. The van der Waals surface area contributed by atoms with Gasteiger partial charge in [0.05, 0.1) is 23.4 Å². The molecule has 1 fully saturated rings. The van der Waals surface area contributed by atoms with E-state index in [0.29, 0.717) is 38.7 Å². The van der Waals surface area contributed by atoms with E-state index in [1.54, 1.807) is 19.1 Å². The predicted molar refractivity (Wildman–Crippen MR) is 131 cm³/mol. The molecule has 0 aromatic heterocycles. The molecule has 1 heterocycles. The van der Waals surface area contributed by atoms with Crippen molar-refractivity contribution in [2.24, 2.45) is 0 Å². The van der Waals surface area contributed by atoms with Crippen molar-refractivity contribution >= 4 is 29.2 Å². The number of likely N-dealkylation sites (tertiary alicyclic amines) is 1. The van der Waals surface area contributed by atoms with E-state index < -0.39 is 36.1 Å². The van der Waals surface area contributed by atoms with Crippen molar-refractivity contribution in [3.8, 4) is 5.75 Å². The molecule has 0 bridgehead atoms. The molecule has 0 radical (unpaired) electrons. The number of alkyl halides is 3. The third-order valence-corrected chi connectivity index (χ3v) is 5.72. The Kier molecular flexibility index (Phi) is 8.81. The van der Waals surface area contributed by atoms with Gasteiger partial charge in [-0.2, -0.15) is 13.2 Å². The number of phenolic OH excluding ortho intramolecular Hbond substituents is 1. The smallest absolute Gasteiger partial charge is 0.416 e. The molecule has 1 aliphatic heterocycles. The highest BCUT2D eigenvalue weighted by Crippen LogP contribution is 2.31. The first-order valence-corrected chi connectivity index (χ1v) is 11.6. The van der Waals surface area contributed by atoms with Crippen LogP contribution in [0, 0.1) is 0 Å². The lowest BCUT2D eigenvalue weighted by Gasteiger charge is -2.18. The van der Waals surface area contributed by atoms with E-state index in [4.69, 9.17) is 5.73 Å². The predicted octanol–water partition coefficient (Wildman–Crippen LogP) is 2.26. The van der Waals surface area contributed by atoms with Crippen molar-refractivity contribution in [2.75, 3.05) is 37.2 Å². The van der Waals surface area contributed by atoms with Crippen LogP contribution in [0.2, 0.25) is 0 Å². The molecule has 7 N–H and O–H groups in total. The molecular formula is C24H29F3N6O4. The normalized spacial score (nSPS) is 15.7. The number of aromatic hydroxyl groups is 1. The fourth-order valence-electron chi connectivity index (χ4n) is 3.92. The van der Waals surface area contributed by atoms with E-state index in [2.05, 4.69) is 26.2 Å². The van der Waals surface area contributed by atoms with Crippen LogP contribution in [0.1, 0.15) is 34.8 Å². The first-order chi connectivity index (χ1) is 17.5. The van der Waals surface area contributed by atoms with Gasteiger partial charge in [0.15, 0.2) is 0 Å². The number of hydrogen-bond donors (Lipinski definition) is 6. The monoisotopic (exact) mass is 522 g/mol. The highest BCUT2D eigenvalue weighted by molar-refractivity contribution is 6.00. The van der Waals surface area contributed by atoms with Gasteiger partial charge < -0.3 is 32.1 Å². The van der Waals surface area contributed by atoms with Crippen molar-refractivity contribution in [1.29, 1.82) is 0 Å². The Morgan fingerprint density at radius 3 is 2.59 bits per heavy atom. The Balaban J connectivity index is 1.49. The Morgan fingerprint density at radius 2 is 1.89 bits per heavy atom. The zero-order valence-corrected chi connectivity index (χ0v) is 20.1. The summed E-state index contributed by atoms with van der Waals surface area (Å²) in [6.07, 6.45) is -3.97. The minimum atomic E-state index is -4.63. The number of benzene rings is 2. The Morgan fingerprint density at radius 1 is 1.14 bits per heavy atom. The highest BCUT2D eigenvalue weighted by Gasteiger charge is 2.31. The maximum atomic E-state index is 12.9. The number of urea groups is 1. The number of nitrogens with one attached hydrogen (secondary N) is 4. The molecule has 2 aromatic carbocycles. The lowest BCUT2D eigenvalue weighted by Crippen LogP contribution is -2.43. The first-order valence-electron chi connectivity index (χ1n) is 11.6. The van der Waals surface area contributed by atoms with Crippen LogP contribution < -0.4 is 27.0 Å². The van der Waals surface area contributed by atoms with Crippen LogP contribution in [0.3, 0.4) is 0 Å². The summed E-state index contributed by atoms with van der Waals surface area (Å²) in [5.41, 5.74) is 5.27. The number of hydrogen-bond acceptors (Lipinski definition) is 6. The van der Waals surface area contributed by atoms with Gasteiger partial charge in [0.2, 0.25) is 5.91 Å². The summed E-state index contributed by atoms with van der Waals surface area (Å²) in [6, 6.07) is 6.71. The molecule has 0 aliphatic carbocycles. The average Bonchev–Trinajstić information content (AvgIpc) is 3.25. The Hall–Kier alpha value is -4.00. The fourth-order valence-corrected chi connectivity index (χ4v) is 3.92. The van der Waals surface area contributed by atoms with E-state index in [1.165, 1.54) is 6.07 Å². The molecule has 1 saturated heterocycles. The largest absolute Gasteiger partial charge is 0.506 e. The number of rotatable bonds is 8. The lowest BCUT2D eigenvalue weighted by atomic mass is 10.1. The molecular weight excluding hydrogens is 493 g/mol. The van der Waals surface area contributed by atoms with Gasteiger partial charge in [0.1, 0.15) is 5.75 Å². The van der Waals surface area contributed by atoms with Crippen molar-refractivity contribution in [2.45, 2.75) is 32.1 Å². The van der Waals surface area contributed by atoms with Crippen LogP contribution in [-0.2, 0) is 17.5 Å². The number of anilines is 2. The summed E-state index contributed by atoms with van der Waals surface area (Å²) in [7, 11) is 0. The van der Waals surface area contributed by atoms with Gasteiger partial charge in [-0.3, -0.25) is 14.5 Å². The summed E-state index contributed by atoms with van der Waals surface area (Å²) in [4.78, 5) is 38.5. The number of amides is 4. The van der Waals surface area contributed by atoms with Crippen molar-refractivity contribution in [1.82, 2.24) is 20.9 Å². The van der Waals surface area contributed by atoms with Gasteiger partial charge in [-0.25, -0.2) is 4.79 Å². The molecule has 10 nitrogen and oxygen atoms in total. The maximum Gasteiger partial charge on any atom is 0.416 e. The molecule has 1 aliphatic rings. The standard InChI is InChI=1S/C24H29F3N6O4/c1-2-29-23(37)32-19-9-14(3-6-20(19)34)12-33-8-7-16(13-33)31-21(35)11-30-22(36)17-10-15(24(25,26)27)4-5-18(17)28/h3-6,9-10,16,34H,2,7-8,11-13,28H2,1H3,(H,30,36)(H,31,35)(H2,29,32,37)/t16-/m0/s1. The molecule has 0 saturated carbocycles. The summed E-state index contributed by atoms with van der Waals surface area (Å²) in [5.74, 6) is -1.42. The molecule has 37 heavy (non-hydrogen) atoms. The van der Waals surface area contributed by atoms with Crippen molar-refractivity contribution < 1.29 is 32.7 Å². The summed E-state index contributed by atoms with van der Waals surface area (Å²) in [6.45, 7) is 3.52. The summed E-state index contributed by atoms with van der Waals surface area (Å²) in [5, 5.41) is 20.3. The second-order valence-electron chi connectivity index (χ2n) is 8.61. The second kappa shape index (κ2) is 11.8. The van der Waals surface area contributed by atoms with Crippen LogP contribution in [0.15, 0.2) is 36.4 Å². The number of nitrogens with two attached hydrogens (primary N) is 1. The fraction of sp³-hybridized carbons (Fsp3) is 0.375. The van der Waals surface area contributed by atoms with Gasteiger partial charge in [-0.15, -0.1) is 0 Å². The zero-order chi connectivity index (χ0) is 27.2. The number of phenols is 1. The van der Waals surface area contributed by atoms with E-state index in [0.717, 1.165) is 17.7 Å². The minimum absolute atomic E-state index is 0.0597. The summed E-state index contributed by atoms with van der Waals surface area (Å²) >= 11 is 0. The number of nitrogens with zero attached hydrogens (tertiary/aromatic N) is 1. The van der Waals surface area contributed by atoms with Crippen molar-refractivity contribution in [3.05, 3.63) is 53.1 Å². The molecule has 3 rings (SSSR count). The van der Waals surface area contributed by atoms with Crippen LogP contribution >= 0.6 is 0 Å². The van der Waals surface area contributed by atoms with Gasteiger partial charge in [0.25, 0.3) is 5.91 Å². The molecule has 0 spiro atoms. The quantitative estimate of drug-likeness (QED) is 0.231. The van der Waals surface area contributed by atoms with Gasteiger partial charge in [-0.1, -0.05) is 6.07 Å². The molecule has 0 unspecified atom stereocenters. The van der Waals surface area contributed by atoms with Crippen LogP contribution in [0.5, 0.6) is 5.75 Å². The average molecular weight is 523 g/mol. The Labute approximate surface area is 211 Å². The van der Waals surface area contributed by atoms with E-state index in [9.17, 15) is 32.7 Å². The van der Waals surface area contributed by atoms with Crippen LogP contribution in [0.25, 0.3) is 0 Å². The maximum absolute atomic E-state index is 12.9. The first kappa shape index (κ1) is 27.6. The zero-order valence-electron chi connectivity index (χ0n) is 20.1. The van der Waals surface area contributed by atoms with Gasteiger partial charge in [0, 0.05) is 37.9 Å². The molecule has 13 heteroatoms. The number of halogens is 3. The number of carbonyl (C=O) groups is 3. The molecule has 1 atom stereocenters. The molecule has 200 valence electrons. The van der Waals surface area contributed by atoms with Crippen molar-refractivity contribution in [3.63, 3.8) is 0 Å². The van der Waals surface area contributed by atoms with E-state index >= 15 is 0 Å². The number of nitrogen functional groups attached to an aromatic ring is 1. The second-order valence-corrected chi connectivity index (χ2v) is 8.61. The topological polar surface area (TPSA) is 149 Å². The highest BCUT2D eigenvalue weighted by atomic mass is 19.4. The molecule has 2 aromatic rings. The lowest BCUT2D eigenvalue weighted by molar-refractivity contribution is -0.137. The van der Waals surface area contributed by atoms with E-state index in [-0.39, 0.29) is 28.7 Å². The van der Waals surface area contributed by atoms with Crippen LogP contribution in [-0.4, -0.2) is 60.1 Å². The Bertz CT molecular complexity index is 1160. The van der Waals surface area contributed by atoms with Gasteiger partial charge >= 0.3 is 12.2 Å². The van der Waals surface area contributed by atoms with Crippen LogP contribution in [0.4, 0.5) is 29.3 Å². The van der Waals surface area contributed by atoms with Gasteiger partial charge in [-0.05, 0) is 49.2 Å². The third kappa shape index (κ3) is 7.74. The third-order valence-electron chi connectivity index (χ3n) is 5.72. The van der Waals surface area contributed by atoms with E-state index in [1.807, 2.05) is 0 Å².